The van der Waals surface area contributed by atoms with E-state index in [1.807, 2.05) is 18.2 Å². The molecule has 0 saturated carbocycles. The molecule has 0 aliphatic carbocycles. The van der Waals surface area contributed by atoms with E-state index in [0.29, 0.717) is 17.1 Å². The third-order valence-corrected chi connectivity index (χ3v) is 4.48. The van der Waals surface area contributed by atoms with Crippen LogP contribution in [0.4, 0.5) is 24.7 Å². The molecule has 0 saturated heterocycles. The quantitative estimate of drug-likeness (QED) is 0.530. The molecule has 1 N–H and O–H groups in total. The SMILES string of the molecule is FC(F)(F)c1ccc(-c2cc(Nc3cccc4s[c]nc34)ncn2)cc1. The maximum absolute atomic E-state index is 12.7. The number of nitrogens with one attached hydrogen (secondary N) is 1. The van der Waals surface area contributed by atoms with E-state index in [0.717, 1.165) is 28.0 Å². The second-order valence-corrected chi connectivity index (χ2v) is 6.27. The van der Waals surface area contributed by atoms with Crippen molar-refractivity contribution in [3.05, 3.63) is 65.9 Å². The standard InChI is InChI=1S/C18H10F3N4S/c19-18(20,21)12-6-4-11(5-7-12)14-8-16(23-9-22-14)25-13-2-1-3-15-17(13)24-10-26-15/h1-9H,(H,22,23,25). The van der Waals surface area contributed by atoms with Crippen LogP contribution in [0.5, 0.6) is 0 Å². The number of thiazole rings is 1. The minimum Gasteiger partial charge on any atom is -0.338 e. The van der Waals surface area contributed by atoms with Gasteiger partial charge >= 0.3 is 6.18 Å². The van der Waals surface area contributed by atoms with Crippen LogP contribution in [-0.4, -0.2) is 15.0 Å². The maximum atomic E-state index is 12.7. The summed E-state index contributed by atoms with van der Waals surface area (Å²) in [7, 11) is 0. The molecule has 0 aliphatic heterocycles. The Morgan fingerprint density at radius 3 is 2.58 bits per heavy atom. The number of anilines is 2. The predicted octanol–water partition coefficient (Wildman–Crippen LogP) is 5.32. The zero-order chi connectivity index (χ0) is 18.1. The zero-order valence-electron chi connectivity index (χ0n) is 13.1. The van der Waals surface area contributed by atoms with Crippen molar-refractivity contribution in [3.63, 3.8) is 0 Å². The fourth-order valence-corrected chi connectivity index (χ4v) is 3.12. The largest absolute Gasteiger partial charge is 0.416 e. The molecule has 1 radical (unpaired) electrons. The molecule has 2 aromatic carbocycles. The topological polar surface area (TPSA) is 50.7 Å². The molecule has 4 nitrogen and oxygen atoms in total. The number of rotatable bonds is 3. The fourth-order valence-electron chi connectivity index (χ4n) is 2.49. The number of aromatic nitrogens is 3. The van der Waals surface area contributed by atoms with Crippen LogP contribution in [0.2, 0.25) is 0 Å². The van der Waals surface area contributed by atoms with Gasteiger partial charge in [0.05, 0.1) is 21.6 Å². The molecule has 0 fully saturated rings. The zero-order valence-corrected chi connectivity index (χ0v) is 13.9. The normalized spacial score (nSPS) is 11.7. The molecule has 4 rings (SSSR count). The van der Waals surface area contributed by atoms with Crippen molar-refractivity contribution in [2.45, 2.75) is 6.18 Å². The Kier molecular flexibility index (Phi) is 4.04. The Balaban J connectivity index is 1.64. The van der Waals surface area contributed by atoms with Crippen LogP contribution >= 0.6 is 11.3 Å². The Hall–Kier alpha value is -3.00. The van der Waals surface area contributed by atoms with Gasteiger partial charge in [0.1, 0.15) is 17.7 Å². The summed E-state index contributed by atoms with van der Waals surface area (Å²) >= 11 is 1.41. The minimum atomic E-state index is -4.36. The van der Waals surface area contributed by atoms with Crippen molar-refractivity contribution < 1.29 is 13.2 Å². The van der Waals surface area contributed by atoms with Crippen LogP contribution in [0.1, 0.15) is 5.56 Å². The van der Waals surface area contributed by atoms with Crippen LogP contribution in [0.3, 0.4) is 0 Å². The highest BCUT2D eigenvalue weighted by atomic mass is 32.1. The Morgan fingerprint density at radius 1 is 1.00 bits per heavy atom. The summed E-state index contributed by atoms with van der Waals surface area (Å²) in [6.07, 6.45) is -3.00. The summed E-state index contributed by atoms with van der Waals surface area (Å²) in [5.74, 6) is 0.524. The Bertz CT molecular complexity index is 1060. The molecule has 0 spiro atoms. The van der Waals surface area contributed by atoms with E-state index in [1.165, 1.54) is 29.8 Å². The van der Waals surface area contributed by atoms with E-state index < -0.39 is 11.7 Å². The van der Waals surface area contributed by atoms with Crippen molar-refractivity contribution in [1.29, 1.82) is 0 Å². The first-order valence-electron chi connectivity index (χ1n) is 7.53. The number of nitrogens with zero attached hydrogens (tertiary/aromatic N) is 3. The summed E-state index contributed by atoms with van der Waals surface area (Å²) in [6, 6.07) is 12.3. The average molecular weight is 371 g/mol. The first kappa shape index (κ1) is 16.5. The Morgan fingerprint density at radius 2 is 1.81 bits per heavy atom. The first-order valence-corrected chi connectivity index (χ1v) is 8.35. The highest BCUT2D eigenvalue weighted by Crippen LogP contribution is 2.31. The van der Waals surface area contributed by atoms with E-state index in [1.54, 1.807) is 6.07 Å². The van der Waals surface area contributed by atoms with Gasteiger partial charge in [-0.05, 0) is 24.3 Å². The van der Waals surface area contributed by atoms with E-state index in [9.17, 15) is 13.2 Å². The molecule has 0 amide bonds. The molecule has 0 bridgehead atoms. The van der Waals surface area contributed by atoms with Gasteiger partial charge in [-0.25, -0.2) is 15.0 Å². The smallest absolute Gasteiger partial charge is 0.338 e. The molecule has 4 aromatic rings. The summed E-state index contributed by atoms with van der Waals surface area (Å²) < 4.78 is 39.1. The average Bonchev–Trinajstić information content (AvgIpc) is 3.11. The molecule has 129 valence electrons. The third-order valence-electron chi connectivity index (χ3n) is 3.75. The summed E-state index contributed by atoms with van der Waals surface area (Å²) in [5.41, 5.74) is 4.81. The number of alkyl halides is 3. The van der Waals surface area contributed by atoms with Gasteiger partial charge in [-0.2, -0.15) is 13.2 Å². The molecule has 2 heterocycles. The number of benzene rings is 2. The Labute approximate surface area is 150 Å². The maximum Gasteiger partial charge on any atom is 0.416 e. The van der Waals surface area contributed by atoms with Crippen molar-refractivity contribution in [2.75, 3.05) is 5.32 Å². The van der Waals surface area contributed by atoms with Crippen LogP contribution in [0, 0.1) is 5.51 Å². The lowest BCUT2D eigenvalue weighted by atomic mass is 10.1. The number of hydrogen-bond donors (Lipinski definition) is 1. The van der Waals surface area contributed by atoms with E-state index >= 15 is 0 Å². The molecule has 0 aliphatic rings. The highest BCUT2D eigenvalue weighted by Gasteiger charge is 2.30. The van der Waals surface area contributed by atoms with E-state index in [4.69, 9.17) is 0 Å². The lowest BCUT2D eigenvalue weighted by molar-refractivity contribution is -0.137. The minimum absolute atomic E-state index is 0.522. The second-order valence-electron chi connectivity index (χ2n) is 5.45. The van der Waals surface area contributed by atoms with Gasteiger partial charge in [-0.15, -0.1) is 11.3 Å². The van der Waals surface area contributed by atoms with Crippen LogP contribution in [0.25, 0.3) is 21.5 Å². The molecule has 2 aromatic heterocycles. The van der Waals surface area contributed by atoms with Gasteiger partial charge in [-0.3, -0.25) is 0 Å². The number of halogens is 3. The van der Waals surface area contributed by atoms with Crippen LogP contribution < -0.4 is 5.32 Å². The lowest BCUT2D eigenvalue weighted by Gasteiger charge is -2.09. The summed E-state index contributed by atoms with van der Waals surface area (Å²) in [6.45, 7) is 0. The molecule has 0 atom stereocenters. The van der Waals surface area contributed by atoms with Crippen molar-refractivity contribution in [2.24, 2.45) is 0 Å². The summed E-state index contributed by atoms with van der Waals surface area (Å²) in [4.78, 5) is 12.5. The lowest BCUT2D eigenvalue weighted by Crippen LogP contribution is -2.04. The second kappa shape index (κ2) is 6.38. The van der Waals surface area contributed by atoms with Gasteiger partial charge in [-0.1, -0.05) is 18.2 Å². The van der Waals surface area contributed by atoms with Crippen LogP contribution in [-0.2, 0) is 6.18 Å². The molecule has 0 unspecified atom stereocenters. The molecule has 26 heavy (non-hydrogen) atoms. The fraction of sp³-hybridized carbons (Fsp3) is 0.0556. The highest BCUT2D eigenvalue weighted by molar-refractivity contribution is 7.16. The molecular weight excluding hydrogens is 361 g/mol. The summed E-state index contributed by atoms with van der Waals surface area (Å²) in [5, 5.41) is 3.17. The van der Waals surface area contributed by atoms with E-state index in [-0.39, 0.29) is 0 Å². The monoisotopic (exact) mass is 371 g/mol. The van der Waals surface area contributed by atoms with Crippen molar-refractivity contribution >= 4 is 33.1 Å². The third kappa shape index (κ3) is 3.23. The molecule has 8 heteroatoms. The first-order chi connectivity index (χ1) is 12.5. The van der Waals surface area contributed by atoms with E-state index in [2.05, 4.69) is 25.8 Å². The van der Waals surface area contributed by atoms with Gasteiger partial charge in [0, 0.05) is 11.6 Å². The van der Waals surface area contributed by atoms with Gasteiger partial charge < -0.3 is 5.32 Å². The van der Waals surface area contributed by atoms with Gasteiger partial charge in [0.15, 0.2) is 5.51 Å². The predicted molar refractivity (Wildman–Crippen MR) is 94.2 cm³/mol. The molecular formula is C18H10F3N4S. The number of para-hydroxylation sites is 1. The number of hydrogen-bond acceptors (Lipinski definition) is 5. The van der Waals surface area contributed by atoms with Crippen molar-refractivity contribution in [3.8, 4) is 11.3 Å². The van der Waals surface area contributed by atoms with Crippen LogP contribution in [0.15, 0.2) is 54.9 Å². The van der Waals surface area contributed by atoms with Gasteiger partial charge in [0.25, 0.3) is 0 Å². The number of fused-ring (bicyclic) bond motifs is 1. The van der Waals surface area contributed by atoms with Gasteiger partial charge in [0.2, 0.25) is 0 Å². The van der Waals surface area contributed by atoms with Crippen molar-refractivity contribution in [1.82, 2.24) is 15.0 Å².